The Hall–Kier alpha value is -2.34. The third kappa shape index (κ3) is 6.33. The average molecular weight is 429 g/mol. The normalized spacial score (nSPS) is 15.1. The van der Waals surface area contributed by atoms with E-state index in [2.05, 4.69) is 38.2 Å². The number of carbonyl (C=O) groups excluding carboxylic acids is 2. The standard InChI is InChI=1S/C24H32N2O3S/c1-24(2,3)18-8-10-20(11-9-18)29-16-4-7-22(27)26-14-12-19(13-15-26)25-23(28)21-6-5-17-30-21/h5-6,8-11,17,19H,4,7,12-16H2,1-3H3,(H,25,28). The monoisotopic (exact) mass is 428 g/mol. The van der Waals surface area contributed by atoms with Gasteiger partial charge in [-0.1, -0.05) is 39.0 Å². The molecule has 1 aliphatic rings. The SMILES string of the molecule is CC(C)(C)c1ccc(OCCCC(=O)N2CCC(NC(=O)c3cccs3)CC2)cc1. The lowest BCUT2D eigenvalue weighted by molar-refractivity contribution is -0.132. The zero-order valence-corrected chi connectivity index (χ0v) is 19.0. The number of amides is 2. The molecule has 5 nitrogen and oxygen atoms in total. The van der Waals surface area contributed by atoms with E-state index in [1.54, 1.807) is 0 Å². The second-order valence-electron chi connectivity index (χ2n) is 8.83. The number of hydrogen-bond donors (Lipinski definition) is 1. The summed E-state index contributed by atoms with van der Waals surface area (Å²) in [6.07, 6.45) is 2.81. The van der Waals surface area contributed by atoms with Gasteiger partial charge in [-0.25, -0.2) is 0 Å². The minimum absolute atomic E-state index is 0.0116. The van der Waals surface area contributed by atoms with Gasteiger partial charge in [0, 0.05) is 25.6 Å². The topological polar surface area (TPSA) is 58.6 Å². The van der Waals surface area contributed by atoms with Gasteiger partial charge in [0.25, 0.3) is 5.91 Å². The molecule has 6 heteroatoms. The maximum absolute atomic E-state index is 12.5. The summed E-state index contributed by atoms with van der Waals surface area (Å²) in [4.78, 5) is 27.3. The van der Waals surface area contributed by atoms with Gasteiger partial charge >= 0.3 is 0 Å². The van der Waals surface area contributed by atoms with Crippen LogP contribution in [0.2, 0.25) is 0 Å². The lowest BCUT2D eigenvalue weighted by Gasteiger charge is -2.32. The summed E-state index contributed by atoms with van der Waals surface area (Å²) >= 11 is 1.45. The number of likely N-dealkylation sites (tertiary alicyclic amines) is 1. The molecule has 1 aromatic heterocycles. The van der Waals surface area contributed by atoms with E-state index in [1.165, 1.54) is 16.9 Å². The van der Waals surface area contributed by atoms with Crippen LogP contribution in [0.5, 0.6) is 5.75 Å². The molecular weight excluding hydrogens is 396 g/mol. The van der Waals surface area contributed by atoms with Crippen molar-refractivity contribution in [2.75, 3.05) is 19.7 Å². The minimum Gasteiger partial charge on any atom is -0.494 e. The van der Waals surface area contributed by atoms with Crippen LogP contribution >= 0.6 is 11.3 Å². The molecule has 1 saturated heterocycles. The highest BCUT2D eigenvalue weighted by atomic mass is 32.1. The minimum atomic E-state index is -0.0116. The summed E-state index contributed by atoms with van der Waals surface area (Å²) < 4.78 is 5.79. The van der Waals surface area contributed by atoms with E-state index >= 15 is 0 Å². The van der Waals surface area contributed by atoms with Crippen LogP contribution in [0.1, 0.15) is 61.7 Å². The largest absolute Gasteiger partial charge is 0.494 e. The van der Waals surface area contributed by atoms with Crippen molar-refractivity contribution in [1.29, 1.82) is 0 Å². The molecule has 0 bridgehead atoms. The van der Waals surface area contributed by atoms with Crippen molar-refractivity contribution >= 4 is 23.2 Å². The molecular formula is C24H32N2O3S. The van der Waals surface area contributed by atoms with E-state index in [0.29, 0.717) is 32.5 Å². The predicted octanol–water partition coefficient (Wildman–Crippen LogP) is 4.63. The molecule has 2 aromatic rings. The van der Waals surface area contributed by atoms with E-state index in [-0.39, 0.29) is 23.3 Å². The average Bonchev–Trinajstić information content (AvgIpc) is 3.26. The van der Waals surface area contributed by atoms with Gasteiger partial charge in [0.15, 0.2) is 0 Å². The lowest BCUT2D eigenvalue weighted by Crippen LogP contribution is -2.46. The third-order valence-corrected chi connectivity index (χ3v) is 6.32. The highest BCUT2D eigenvalue weighted by Crippen LogP contribution is 2.24. The van der Waals surface area contributed by atoms with Crippen LogP contribution in [0, 0.1) is 0 Å². The van der Waals surface area contributed by atoms with Crippen LogP contribution in [-0.2, 0) is 10.2 Å². The number of hydrogen-bond acceptors (Lipinski definition) is 4. The molecule has 1 fully saturated rings. The summed E-state index contributed by atoms with van der Waals surface area (Å²) in [5.74, 6) is 1.00. The number of nitrogens with one attached hydrogen (secondary N) is 1. The molecule has 0 spiro atoms. The van der Waals surface area contributed by atoms with Crippen molar-refractivity contribution in [2.45, 2.75) is 57.9 Å². The van der Waals surface area contributed by atoms with Crippen LogP contribution < -0.4 is 10.1 Å². The number of rotatable bonds is 7. The number of nitrogens with zero attached hydrogens (tertiary/aromatic N) is 1. The van der Waals surface area contributed by atoms with Crippen LogP contribution in [-0.4, -0.2) is 42.5 Å². The van der Waals surface area contributed by atoms with Gasteiger partial charge in [0.05, 0.1) is 11.5 Å². The number of ether oxygens (including phenoxy) is 1. The molecule has 0 aliphatic carbocycles. The number of benzene rings is 1. The molecule has 0 unspecified atom stereocenters. The molecule has 2 amide bonds. The van der Waals surface area contributed by atoms with Crippen LogP contribution in [0.25, 0.3) is 0 Å². The Bertz CT molecular complexity index is 817. The molecule has 0 saturated carbocycles. The zero-order valence-electron chi connectivity index (χ0n) is 18.1. The number of piperidine rings is 1. The summed E-state index contributed by atoms with van der Waals surface area (Å²) in [7, 11) is 0. The van der Waals surface area contributed by atoms with Crippen LogP contribution in [0.4, 0.5) is 0 Å². The van der Waals surface area contributed by atoms with Gasteiger partial charge in [-0.15, -0.1) is 11.3 Å². The summed E-state index contributed by atoms with van der Waals surface area (Å²) in [6, 6.07) is 12.0. The molecule has 3 rings (SSSR count). The first-order valence-electron chi connectivity index (χ1n) is 10.7. The first kappa shape index (κ1) is 22.3. The van der Waals surface area contributed by atoms with Crippen LogP contribution in [0.15, 0.2) is 41.8 Å². The highest BCUT2D eigenvalue weighted by molar-refractivity contribution is 7.12. The Morgan fingerprint density at radius 3 is 2.43 bits per heavy atom. The third-order valence-electron chi connectivity index (χ3n) is 5.45. The molecule has 1 aromatic carbocycles. The van der Waals surface area contributed by atoms with Crippen LogP contribution in [0.3, 0.4) is 0 Å². The van der Waals surface area contributed by atoms with E-state index in [9.17, 15) is 9.59 Å². The number of carbonyl (C=O) groups is 2. The first-order chi connectivity index (χ1) is 14.3. The summed E-state index contributed by atoms with van der Waals surface area (Å²) in [5, 5.41) is 4.98. The molecule has 0 atom stereocenters. The van der Waals surface area contributed by atoms with E-state index in [4.69, 9.17) is 4.74 Å². The Labute approximate surface area is 183 Å². The molecule has 162 valence electrons. The molecule has 1 N–H and O–H groups in total. The van der Waals surface area contributed by atoms with E-state index in [0.717, 1.165) is 23.5 Å². The Morgan fingerprint density at radius 2 is 1.83 bits per heavy atom. The fourth-order valence-electron chi connectivity index (χ4n) is 3.56. The van der Waals surface area contributed by atoms with Crippen molar-refractivity contribution in [2.24, 2.45) is 0 Å². The van der Waals surface area contributed by atoms with Crippen molar-refractivity contribution < 1.29 is 14.3 Å². The number of thiophene rings is 1. The fourth-order valence-corrected chi connectivity index (χ4v) is 4.19. The van der Waals surface area contributed by atoms with Gasteiger partial charge < -0.3 is 15.0 Å². The van der Waals surface area contributed by atoms with E-state index < -0.39 is 0 Å². The quantitative estimate of drug-likeness (QED) is 0.655. The lowest BCUT2D eigenvalue weighted by atomic mass is 9.87. The first-order valence-corrected chi connectivity index (χ1v) is 11.6. The Kier molecular flexibility index (Phi) is 7.53. The molecule has 2 heterocycles. The maximum Gasteiger partial charge on any atom is 0.261 e. The van der Waals surface area contributed by atoms with Gasteiger partial charge in [-0.2, -0.15) is 0 Å². The fraction of sp³-hybridized carbons (Fsp3) is 0.500. The smallest absolute Gasteiger partial charge is 0.261 e. The Morgan fingerprint density at radius 1 is 1.13 bits per heavy atom. The van der Waals surface area contributed by atoms with Gasteiger partial charge in [0.1, 0.15) is 5.75 Å². The van der Waals surface area contributed by atoms with Crippen molar-refractivity contribution in [1.82, 2.24) is 10.2 Å². The molecule has 30 heavy (non-hydrogen) atoms. The summed E-state index contributed by atoms with van der Waals surface area (Å²) in [5.41, 5.74) is 1.41. The molecule has 1 aliphatic heterocycles. The molecule has 0 radical (unpaired) electrons. The van der Waals surface area contributed by atoms with Crippen molar-refractivity contribution in [3.8, 4) is 5.75 Å². The van der Waals surface area contributed by atoms with E-state index in [1.807, 2.05) is 34.5 Å². The predicted molar refractivity (Wildman–Crippen MR) is 121 cm³/mol. The van der Waals surface area contributed by atoms with Crippen molar-refractivity contribution in [3.63, 3.8) is 0 Å². The second-order valence-corrected chi connectivity index (χ2v) is 9.78. The van der Waals surface area contributed by atoms with Gasteiger partial charge in [-0.05, 0) is 53.8 Å². The van der Waals surface area contributed by atoms with Gasteiger partial charge in [0.2, 0.25) is 5.91 Å². The second kappa shape index (κ2) is 10.1. The van der Waals surface area contributed by atoms with Gasteiger partial charge in [-0.3, -0.25) is 9.59 Å². The zero-order chi connectivity index (χ0) is 21.6. The maximum atomic E-state index is 12.5. The van der Waals surface area contributed by atoms with Crippen molar-refractivity contribution in [3.05, 3.63) is 52.2 Å². The summed E-state index contributed by atoms with van der Waals surface area (Å²) in [6.45, 7) is 8.50. The highest BCUT2D eigenvalue weighted by Gasteiger charge is 2.24. The Balaban J connectivity index is 1.32.